The molecule has 0 aromatic carbocycles. The predicted octanol–water partition coefficient (Wildman–Crippen LogP) is 0.779. The Balaban J connectivity index is 0. The Hall–Kier alpha value is -1.04. The molecular weight excluding hydrogens is 331 g/mol. The summed E-state index contributed by atoms with van der Waals surface area (Å²) in [5, 5.41) is 8.07. The molecule has 0 unspecified atom stereocenters. The Bertz CT molecular complexity index is 15.0. The molecule has 6 heavy (non-hydrogen) atoms. The average Bonchev–Trinajstić information content (AvgIpc) is 1.41. The molecule has 0 aliphatic rings. The molecule has 0 saturated heterocycles. The molecule has 0 aromatic heterocycles. The zero-order valence-electron chi connectivity index (χ0n) is 4.28. The van der Waals surface area contributed by atoms with Gasteiger partial charge >= 0.3 is 0 Å². The zero-order valence-corrected chi connectivity index (χ0v) is 10.7. The molecule has 0 bridgehead atoms. The van der Waals surface area contributed by atoms with Crippen LogP contribution in [0.3, 0.4) is 0 Å². The first-order chi connectivity index (χ1) is 2.41. The summed E-state index contributed by atoms with van der Waals surface area (Å²) in [7, 11) is 0. The van der Waals surface area contributed by atoms with Crippen molar-refractivity contribution in [3.05, 3.63) is 0 Å². The Labute approximate surface area is 32.6 Å². The van der Waals surface area contributed by atoms with Gasteiger partial charge in [0.2, 0.25) is 0 Å². The number of hydrogen-bond donors (Lipinski definition) is 1. The second-order valence-electron chi connectivity index (χ2n) is 1.08. The van der Waals surface area contributed by atoms with Gasteiger partial charge in [0.15, 0.2) is 0 Å². The molecule has 1 nitrogen and oxygen atoms in total. The molecule has 34 valence electrons. The van der Waals surface area contributed by atoms with Crippen molar-refractivity contribution in [2.24, 2.45) is 0 Å². The van der Waals surface area contributed by atoms with Gasteiger partial charge in [0.25, 0.3) is 0 Å². The monoisotopic (exact) mass is 341 g/mol. The van der Waals surface area contributed by atoms with Gasteiger partial charge in [-0.3, -0.25) is 0 Å². The Kier molecular flexibility index (Phi) is 13.4. The van der Waals surface area contributed by atoms with Crippen molar-refractivity contribution >= 4 is 0 Å². The topological polar surface area (TPSA) is 20.2 Å². The fraction of sp³-hybridized carbons (Fsp3) is 1.00. The first kappa shape index (κ1) is 8.88. The van der Waals surface area contributed by atoms with E-state index in [0.29, 0.717) is 6.61 Å². The van der Waals surface area contributed by atoms with E-state index in [9.17, 15) is 0 Å². The third kappa shape index (κ3) is 12.3. The van der Waals surface area contributed by atoms with E-state index >= 15 is 0 Å². The summed E-state index contributed by atoms with van der Waals surface area (Å²) < 4.78 is 0. The van der Waals surface area contributed by atoms with E-state index in [0.717, 1.165) is 12.8 Å². The van der Waals surface area contributed by atoms with Gasteiger partial charge in [0.1, 0.15) is 0 Å². The van der Waals surface area contributed by atoms with Crippen LogP contribution >= 0.6 is 0 Å². The second-order valence-corrected chi connectivity index (χ2v) is 1.08. The Morgan fingerprint density at radius 3 is 2.00 bits per heavy atom. The minimum Gasteiger partial charge on any atom is -0.396 e. The molecule has 0 heterocycles. The quantitative estimate of drug-likeness (QED) is 0.787. The molecule has 1 N–H and O–H groups in total. The molecule has 0 spiro atoms. The molecule has 0 fully saturated rings. The maximum absolute atomic E-state index is 8.07. The summed E-state index contributed by atoms with van der Waals surface area (Å²) in [6.07, 6.45) is 2.04. The van der Waals surface area contributed by atoms with Crippen LogP contribution in [0.25, 0.3) is 0 Å². The summed E-state index contributed by atoms with van der Waals surface area (Å²) in [4.78, 5) is 0. The molecule has 0 aliphatic carbocycles. The van der Waals surface area contributed by atoms with Crippen LogP contribution in [0.4, 0.5) is 0 Å². The molecule has 0 rings (SSSR count). The number of unbranched alkanes of at least 4 members (excludes halogenated alkanes) is 1. The SMILES string of the molecule is CCCCO.[Rf]. The van der Waals surface area contributed by atoms with Crippen LogP contribution in [0.2, 0.25) is 0 Å². The van der Waals surface area contributed by atoms with Crippen molar-refractivity contribution in [1.82, 2.24) is 0 Å². The fourth-order valence-electron chi connectivity index (χ4n) is 0.158. The first-order valence-corrected chi connectivity index (χ1v) is 2.02. The first-order valence-electron chi connectivity index (χ1n) is 2.02. The van der Waals surface area contributed by atoms with Gasteiger partial charge in [0, 0.05) is 6.61 Å². The van der Waals surface area contributed by atoms with Crippen molar-refractivity contribution < 1.29 is 5.11 Å². The fourth-order valence-corrected chi connectivity index (χ4v) is 0.158. The van der Waals surface area contributed by atoms with E-state index in [1.165, 1.54) is 0 Å². The number of aliphatic hydroxyl groups excluding tert-OH is 1. The van der Waals surface area contributed by atoms with E-state index in [-0.39, 0.29) is 0 Å². The number of rotatable bonds is 2. The number of aliphatic hydroxyl groups is 1. The maximum atomic E-state index is 8.07. The van der Waals surface area contributed by atoms with Crippen LogP contribution in [-0.2, 0) is 0 Å². The Morgan fingerprint density at radius 2 is 2.00 bits per heavy atom. The van der Waals surface area contributed by atoms with E-state index in [1.54, 1.807) is 0 Å². The van der Waals surface area contributed by atoms with Gasteiger partial charge in [-0.1, -0.05) is 13.3 Å². The van der Waals surface area contributed by atoms with Crippen LogP contribution in [-0.4, -0.2) is 11.7 Å². The molecule has 0 atom stereocenters. The van der Waals surface area contributed by atoms with Crippen LogP contribution in [0, 0.1) is 0 Å². The van der Waals surface area contributed by atoms with E-state index in [2.05, 4.69) is 6.92 Å². The third-order valence-electron chi connectivity index (χ3n) is 0.512. The summed E-state index contributed by atoms with van der Waals surface area (Å²) in [6.45, 7) is 2.40. The summed E-state index contributed by atoms with van der Waals surface area (Å²) >= 11 is 0. The van der Waals surface area contributed by atoms with Crippen molar-refractivity contribution in [3.8, 4) is 0 Å². The molecule has 0 aromatic rings. The van der Waals surface area contributed by atoms with Crippen LogP contribution in [0.15, 0.2) is 0 Å². The maximum Gasteiger partial charge on any atom is 0.0430 e. The van der Waals surface area contributed by atoms with Crippen molar-refractivity contribution in [2.75, 3.05) is 6.61 Å². The van der Waals surface area contributed by atoms with Gasteiger partial charge in [0.05, 0.1) is 0 Å². The van der Waals surface area contributed by atoms with E-state index in [1.807, 2.05) is 0 Å². The van der Waals surface area contributed by atoms with Crippen molar-refractivity contribution in [3.63, 3.8) is 0 Å². The average molecular weight is 341 g/mol. The number of hydrogen-bond acceptors (Lipinski definition) is 1. The standard InChI is InChI=1S/C4H10O.Rf/c1-2-3-4-5;/h5H,2-4H2,1H3;. The van der Waals surface area contributed by atoms with Gasteiger partial charge in [-0.15, -0.1) is 0 Å². The minimum atomic E-state index is 0. The molecule has 0 amide bonds. The zero-order chi connectivity index (χ0) is 4.12. The van der Waals surface area contributed by atoms with Crippen molar-refractivity contribution in [1.29, 1.82) is 0 Å². The Morgan fingerprint density at radius 1 is 1.50 bits per heavy atom. The van der Waals surface area contributed by atoms with Crippen molar-refractivity contribution in [2.45, 2.75) is 19.8 Å². The largest absolute Gasteiger partial charge is 0.396 e. The van der Waals surface area contributed by atoms with Crippen LogP contribution in [0.5, 0.6) is 0 Å². The normalized spacial score (nSPS) is 7.00. The third-order valence-corrected chi connectivity index (χ3v) is 0.512. The van der Waals surface area contributed by atoms with Gasteiger partial charge in [-0.2, -0.15) is 0 Å². The second kappa shape index (κ2) is 9.03. The summed E-state index contributed by atoms with van der Waals surface area (Å²) in [6, 6.07) is 0. The van der Waals surface area contributed by atoms with Crippen LogP contribution in [0.1, 0.15) is 19.8 Å². The summed E-state index contributed by atoms with van der Waals surface area (Å²) in [5.41, 5.74) is 0. The van der Waals surface area contributed by atoms with Crippen LogP contribution < -0.4 is 0 Å². The molecule has 2 heteroatoms. The molecule has 0 aliphatic heterocycles. The molecule has 0 radical (unpaired) electrons. The predicted molar refractivity (Wildman–Crippen MR) is 22.0 cm³/mol. The van der Waals surface area contributed by atoms with Gasteiger partial charge < -0.3 is 5.11 Å². The molecular formula is C4H10ORf. The smallest absolute Gasteiger partial charge is 0.0430 e. The summed E-state index contributed by atoms with van der Waals surface area (Å²) in [5.74, 6) is 0. The minimum absolute atomic E-state index is 0. The van der Waals surface area contributed by atoms with Gasteiger partial charge in [-0.25, -0.2) is 0 Å². The van der Waals surface area contributed by atoms with E-state index in [4.69, 9.17) is 5.11 Å². The molecule has 0 saturated carbocycles. The van der Waals surface area contributed by atoms with E-state index < -0.39 is 0 Å². The van der Waals surface area contributed by atoms with Gasteiger partial charge in [-0.05, 0) is 6.42 Å².